The van der Waals surface area contributed by atoms with E-state index in [9.17, 15) is 14.7 Å². The molecule has 0 rings (SSSR count). The van der Waals surface area contributed by atoms with Gasteiger partial charge in [-0.1, -0.05) is 39.5 Å². The predicted octanol–water partition coefficient (Wildman–Crippen LogP) is 2.30. The molecule has 0 aliphatic carbocycles. The topological polar surface area (TPSA) is 70.1 Å². The van der Waals surface area contributed by atoms with E-state index in [1.807, 2.05) is 13.8 Å². The molecule has 6 heteroatoms. The normalized spacial score (nSPS) is 12.7. The number of carbonyl (C=O) groups is 2. The molecule has 144 valence electrons. The van der Waals surface area contributed by atoms with Crippen LogP contribution in [0.1, 0.15) is 59.3 Å². The molecule has 0 fully saturated rings. The van der Waals surface area contributed by atoms with Crippen molar-refractivity contribution in [1.82, 2.24) is 9.80 Å². The molecule has 0 saturated carbocycles. The number of hydrogen-bond acceptors (Lipinski definition) is 4. The van der Waals surface area contributed by atoms with Gasteiger partial charge in [-0.05, 0) is 19.8 Å². The van der Waals surface area contributed by atoms with Gasteiger partial charge < -0.3 is 19.6 Å². The van der Waals surface area contributed by atoms with E-state index < -0.39 is 6.10 Å². The van der Waals surface area contributed by atoms with E-state index >= 15 is 0 Å². The number of likely N-dealkylation sites (N-methyl/N-ethyl adjacent to an activating group) is 2. The molecule has 0 aromatic carbocycles. The van der Waals surface area contributed by atoms with Crippen molar-refractivity contribution in [3.05, 3.63) is 0 Å². The van der Waals surface area contributed by atoms with Crippen LogP contribution >= 0.6 is 0 Å². The Balaban J connectivity index is 0. The monoisotopic (exact) mass is 346 g/mol. The molecule has 6 nitrogen and oxygen atoms in total. The quantitative estimate of drug-likeness (QED) is 0.659. The van der Waals surface area contributed by atoms with Crippen molar-refractivity contribution in [3.8, 4) is 0 Å². The molecule has 0 bridgehead atoms. The fraction of sp³-hybridized carbons (Fsp3) is 0.889. The molecule has 0 aromatic heterocycles. The van der Waals surface area contributed by atoms with Gasteiger partial charge in [0.15, 0.2) is 0 Å². The lowest BCUT2D eigenvalue weighted by Gasteiger charge is -2.19. The first-order valence-electron chi connectivity index (χ1n) is 8.94. The van der Waals surface area contributed by atoms with Gasteiger partial charge in [0.1, 0.15) is 12.2 Å². The molecule has 2 unspecified atom stereocenters. The first-order chi connectivity index (χ1) is 11.2. The van der Waals surface area contributed by atoms with Crippen molar-refractivity contribution in [2.24, 2.45) is 0 Å². The highest BCUT2D eigenvalue weighted by atomic mass is 16.5. The summed E-state index contributed by atoms with van der Waals surface area (Å²) in [5.41, 5.74) is 0. The number of rotatable bonds is 10. The minimum Gasteiger partial charge on any atom is -0.383 e. The van der Waals surface area contributed by atoms with Crippen molar-refractivity contribution in [3.63, 3.8) is 0 Å². The van der Waals surface area contributed by atoms with Crippen LogP contribution in [0, 0.1) is 0 Å². The summed E-state index contributed by atoms with van der Waals surface area (Å²) in [5.74, 6) is -0.117. The van der Waals surface area contributed by atoms with Crippen LogP contribution < -0.4 is 0 Å². The van der Waals surface area contributed by atoms with E-state index in [1.54, 1.807) is 33.1 Å². The lowest BCUT2D eigenvalue weighted by Crippen LogP contribution is -2.35. The van der Waals surface area contributed by atoms with Crippen molar-refractivity contribution < 1.29 is 19.4 Å². The highest BCUT2D eigenvalue weighted by molar-refractivity contribution is 5.80. The van der Waals surface area contributed by atoms with Gasteiger partial charge in [0, 0.05) is 34.8 Å². The molecule has 0 aromatic rings. The van der Waals surface area contributed by atoms with Crippen LogP contribution in [0.4, 0.5) is 0 Å². The van der Waals surface area contributed by atoms with Gasteiger partial charge in [-0.2, -0.15) is 0 Å². The SMILES string of the molecule is CCCCC(O)C(=O)N(C)C.CCCCC(OCC)C(=O)N(C)C. The maximum atomic E-state index is 11.5. The number of unbranched alkanes of at least 4 members (excludes halogenated alkanes) is 2. The predicted molar refractivity (Wildman–Crippen MR) is 97.9 cm³/mol. The van der Waals surface area contributed by atoms with Crippen LogP contribution in [0.2, 0.25) is 0 Å². The molecule has 0 spiro atoms. The average Bonchev–Trinajstić information content (AvgIpc) is 2.55. The molecule has 0 radical (unpaired) electrons. The van der Waals surface area contributed by atoms with Crippen LogP contribution in [0.25, 0.3) is 0 Å². The smallest absolute Gasteiger partial charge is 0.251 e. The van der Waals surface area contributed by atoms with Crippen LogP contribution in [-0.2, 0) is 14.3 Å². The Morgan fingerprint density at radius 1 is 0.875 bits per heavy atom. The molecular formula is C18H38N2O4. The van der Waals surface area contributed by atoms with Crippen molar-refractivity contribution in [2.75, 3.05) is 34.8 Å². The van der Waals surface area contributed by atoms with Crippen LogP contribution in [0.15, 0.2) is 0 Å². The second-order valence-electron chi connectivity index (χ2n) is 6.21. The van der Waals surface area contributed by atoms with Gasteiger partial charge in [0.2, 0.25) is 0 Å². The van der Waals surface area contributed by atoms with E-state index in [2.05, 4.69) is 6.92 Å². The standard InChI is InChI=1S/C10H21NO2.C8H17NO2/c1-5-7-8-9(13-6-2)10(12)11(3)4;1-4-5-6-7(10)8(11)9(2)3/h9H,5-8H2,1-4H3;7,10H,4-6H2,1-3H3. The number of aliphatic hydroxyl groups is 1. The van der Waals surface area contributed by atoms with Crippen molar-refractivity contribution in [1.29, 1.82) is 0 Å². The van der Waals surface area contributed by atoms with Gasteiger partial charge in [-0.25, -0.2) is 0 Å². The summed E-state index contributed by atoms with van der Waals surface area (Å²) >= 11 is 0. The average molecular weight is 347 g/mol. The van der Waals surface area contributed by atoms with E-state index in [-0.39, 0.29) is 17.9 Å². The zero-order valence-electron chi connectivity index (χ0n) is 16.7. The molecule has 0 saturated heterocycles. The van der Waals surface area contributed by atoms with Gasteiger partial charge in [0.05, 0.1) is 0 Å². The summed E-state index contributed by atoms with van der Waals surface area (Å²) in [6.07, 6.45) is 4.44. The third-order valence-corrected chi connectivity index (χ3v) is 3.46. The summed E-state index contributed by atoms with van der Waals surface area (Å²) in [5, 5.41) is 9.23. The summed E-state index contributed by atoms with van der Waals surface area (Å²) in [6, 6.07) is 0. The fourth-order valence-electron chi connectivity index (χ4n) is 1.98. The van der Waals surface area contributed by atoms with Gasteiger partial charge in [0.25, 0.3) is 11.8 Å². The van der Waals surface area contributed by atoms with Crippen molar-refractivity contribution >= 4 is 11.8 Å². The molecule has 24 heavy (non-hydrogen) atoms. The zero-order chi connectivity index (χ0) is 19.1. The molecule has 2 amide bonds. The van der Waals surface area contributed by atoms with E-state index in [0.717, 1.165) is 32.1 Å². The number of carbonyl (C=O) groups excluding carboxylic acids is 2. The number of amides is 2. The maximum Gasteiger partial charge on any atom is 0.251 e. The Hall–Kier alpha value is -1.14. The molecule has 1 N–H and O–H groups in total. The second kappa shape index (κ2) is 15.4. The minimum atomic E-state index is -0.801. The summed E-state index contributed by atoms with van der Waals surface area (Å²) in [7, 11) is 6.83. The summed E-state index contributed by atoms with van der Waals surface area (Å²) in [6.45, 7) is 6.67. The Morgan fingerprint density at radius 2 is 1.33 bits per heavy atom. The molecule has 0 aliphatic rings. The van der Waals surface area contributed by atoms with E-state index in [4.69, 9.17) is 4.74 Å². The molecule has 0 heterocycles. The Bertz CT molecular complexity index is 333. The summed E-state index contributed by atoms with van der Waals surface area (Å²) in [4.78, 5) is 25.6. The van der Waals surface area contributed by atoms with Gasteiger partial charge >= 0.3 is 0 Å². The number of ether oxygens (including phenoxy) is 1. The number of aliphatic hydroxyl groups excluding tert-OH is 1. The third-order valence-electron chi connectivity index (χ3n) is 3.46. The van der Waals surface area contributed by atoms with Crippen LogP contribution in [0.5, 0.6) is 0 Å². The largest absolute Gasteiger partial charge is 0.383 e. The number of hydrogen-bond donors (Lipinski definition) is 1. The first-order valence-corrected chi connectivity index (χ1v) is 8.94. The van der Waals surface area contributed by atoms with Crippen LogP contribution in [0.3, 0.4) is 0 Å². The second-order valence-corrected chi connectivity index (χ2v) is 6.21. The minimum absolute atomic E-state index is 0.0790. The third kappa shape index (κ3) is 12.3. The molecule has 2 atom stereocenters. The van der Waals surface area contributed by atoms with Crippen LogP contribution in [-0.4, -0.2) is 73.7 Å². The van der Waals surface area contributed by atoms with E-state index in [1.165, 1.54) is 4.90 Å². The lowest BCUT2D eigenvalue weighted by atomic mass is 10.1. The highest BCUT2D eigenvalue weighted by Crippen LogP contribution is 2.07. The fourth-order valence-corrected chi connectivity index (χ4v) is 1.98. The Labute approximate surface area is 148 Å². The summed E-state index contributed by atoms with van der Waals surface area (Å²) < 4.78 is 5.38. The lowest BCUT2D eigenvalue weighted by molar-refractivity contribution is -0.141. The Morgan fingerprint density at radius 3 is 1.71 bits per heavy atom. The number of nitrogens with zero attached hydrogens (tertiary/aromatic N) is 2. The van der Waals surface area contributed by atoms with E-state index in [0.29, 0.717) is 13.0 Å². The zero-order valence-corrected chi connectivity index (χ0v) is 16.7. The van der Waals surface area contributed by atoms with Crippen molar-refractivity contribution in [2.45, 2.75) is 71.5 Å². The molecular weight excluding hydrogens is 308 g/mol. The van der Waals surface area contributed by atoms with Gasteiger partial charge in [-0.3, -0.25) is 9.59 Å². The Kier molecular flexibility index (Phi) is 16.1. The maximum absolute atomic E-state index is 11.5. The van der Waals surface area contributed by atoms with Gasteiger partial charge in [-0.15, -0.1) is 0 Å². The highest BCUT2D eigenvalue weighted by Gasteiger charge is 2.19. The first kappa shape index (κ1) is 25.1. The molecule has 0 aliphatic heterocycles.